The predicted octanol–water partition coefficient (Wildman–Crippen LogP) is 9.90. The van der Waals surface area contributed by atoms with Crippen LogP contribution in [0.25, 0.3) is 82.4 Å². The summed E-state index contributed by atoms with van der Waals surface area (Å²) >= 11 is 3.24. The van der Waals surface area contributed by atoms with Crippen LogP contribution >= 0.6 is 22.7 Å². The summed E-state index contributed by atoms with van der Waals surface area (Å²) in [5.74, 6) is 0.600. The van der Waals surface area contributed by atoms with Crippen molar-refractivity contribution >= 4 is 55.6 Å². The zero-order valence-electron chi connectivity index (χ0n) is 23.1. The summed E-state index contributed by atoms with van der Waals surface area (Å²) in [5.41, 5.74) is 9.72. The first-order valence-electron chi connectivity index (χ1n) is 14.1. The molecule has 9 aromatic rings. The number of hydrogen-bond donors (Lipinski definition) is 0. The van der Waals surface area contributed by atoms with Crippen molar-refractivity contribution in [3.8, 4) is 49.5 Å². The van der Waals surface area contributed by atoms with Gasteiger partial charge < -0.3 is 8.98 Å². The van der Waals surface area contributed by atoms with Crippen molar-refractivity contribution in [3.05, 3.63) is 126 Å². The molecule has 0 amide bonds. The van der Waals surface area contributed by atoms with Crippen LogP contribution in [0.1, 0.15) is 0 Å². The fraction of sp³-hybridized carbons (Fsp3) is 0. The molecule has 0 atom stereocenters. The molecule has 9 rings (SSSR count). The van der Waals surface area contributed by atoms with E-state index in [1.165, 1.54) is 5.39 Å². The number of rotatable bonds is 5. The molecule has 8 heteroatoms. The van der Waals surface area contributed by atoms with Crippen molar-refractivity contribution in [2.24, 2.45) is 0 Å². The first-order chi connectivity index (χ1) is 21.8. The Morgan fingerprint density at radius 3 is 2.20 bits per heavy atom. The van der Waals surface area contributed by atoms with Crippen molar-refractivity contribution in [2.45, 2.75) is 0 Å². The van der Waals surface area contributed by atoms with Gasteiger partial charge in [0.25, 0.3) is 0 Å². The van der Waals surface area contributed by atoms with Gasteiger partial charge in [-0.25, -0.2) is 15.0 Å². The van der Waals surface area contributed by atoms with Crippen LogP contribution < -0.4 is 0 Å². The molecule has 208 valence electrons. The molecule has 0 radical (unpaired) electrons. The quantitative estimate of drug-likeness (QED) is 0.196. The number of hydrogen-bond acceptors (Lipinski definition) is 7. The molecule has 0 spiro atoms. The molecule has 0 saturated heterocycles. The molecule has 44 heavy (non-hydrogen) atoms. The van der Waals surface area contributed by atoms with Gasteiger partial charge in [0.1, 0.15) is 15.5 Å². The van der Waals surface area contributed by atoms with Gasteiger partial charge in [0.15, 0.2) is 5.58 Å². The zero-order chi connectivity index (χ0) is 29.0. The molecular formula is C36H21N5OS2. The molecule has 0 N–H and O–H groups in total. The van der Waals surface area contributed by atoms with Gasteiger partial charge in [-0.2, -0.15) is 0 Å². The second kappa shape index (κ2) is 10.1. The molecule has 4 aromatic carbocycles. The van der Waals surface area contributed by atoms with E-state index in [1.807, 2.05) is 53.6 Å². The van der Waals surface area contributed by atoms with Gasteiger partial charge in [0.05, 0.1) is 22.4 Å². The lowest BCUT2D eigenvalue weighted by Crippen LogP contribution is -1.98. The normalized spacial score (nSPS) is 11.6. The number of fused-ring (bicyclic) bond motifs is 4. The average molecular weight is 604 g/mol. The van der Waals surface area contributed by atoms with E-state index in [0.717, 1.165) is 71.2 Å². The molecule has 0 aliphatic heterocycles. The SMILES string of the molecule is c1ccc2oc(-c3ccc4c5ccccc5n(-c5cc(-c6ccc(-c7nccs7)cn6)ccc5-c5nccs5)c4c3)nc2c1. The third-order valence-electron chi connectivity index (χ3n) is 7.85. The maximum Gasteiger partial charge on any atom is 0.227 e. The summed E-state index contributed by atoms with van der Waals surface area (Å²) < 4.78 is 8.51. The van der Waals surface area contributed by atoms with E-state index in [0.29, 0.717) is 5.89 Å². The number of nitrogens with zero attached hydrogens (tertiary/aromatic N) is 5. The number of oxazole rings is 1. The Morgan fingerprint density at radius 2 is 1.39 bits per heavy atom. The maximum absolute atomic E-state index is 6.18. The van der Waals surface area contributed by atoms with E-state index in [2.05, 4.69) is 82.3 Å². The van der Waals surface area contributed by atoms with Crippen LogP contribution in [0.5, 0.6) is 0 Å². The molecule has 0 saturated carbocycles. The summed E-state index contributed by atoms with van der Waals surface area (Å²) in [6, 6.07) is 33.5. The Balaban J connectivity index is 1.28. The van der Waals surface area contributed by atoms with Crippen molar-refractivity contribution in [1.82, 2.24) is 24.5 Å². The fourth-order valence-electron chi connectivity index (χ4n) is 5.83. The molecule has 5 aromatic heterocycles. The summed E-state index contributed by atoms with van der Waals surface area (Å²) in [4.78, 5) is 18.8. The lowest BCUT2D eigenvalue weighted by atomic mass is 10.0. The smallest absolute Gasteiger partial charge is 0.227 e. The highest BCUT2D eigenvalue weighted by Gasteiger charge is 2.19. The number of pyridine rings is 1. The molecule has 0 bridgehead atoms. The van der Waals surface area contributed by atoms with E-state index in [1.54, 1.807) is 22.7 Å². The van der Waals surface area contributed by atoms with Crippen LogP contribution in [0, 0.1) is 0 Å². The Bertz CT molecular complexity index is 2410. The number of benzene rings is 4. The van der Waals surface area contributed by atoms with Crippen molar-refractivity contribution in [2.75, 3.05) is 0 Å². The highest BCUT2D eigenvalue weighted by atomic mass is 32.1. The van der Waals surface area contributed by atoms with E-state index in [9.17, 15) is 0 Å². The highest BCUT2D eigenvalue weighted by molar-refractivity contribution is 7.13. The van der Waals surface area contributed by atoms with Crippen molar-refractivity contribution < 1.29 is 4.42 Å². The van der Waals surface area contributed by atoms with E-state index >= 15 is 0 Å². The van der Waals surface area contributed by atoms with Gasteiger partial charge in [-0.15, -0.1) is 22.7 Å². The van der Waals surface area contributed by atoms with Crippen molar-refractivity contribution in [3.63, 3.8) is 0 Å². The number of thiazole rings is 2. The maximum atomic E-state index is 6.18. The van der Waals surface area contributed by atoms with E-state index in [-0.39, 0.29) is 0 Å². The predicted molar refractivity (Wildman–Crippen MR) is 179 cm³/mol. The Kier molecular flexibility index (Phi) is 5.75. The molecular weight excluding hydrogens is 583 g/mol. The van der Waals surface area contributed by atoms with Gasteiger partial charge in [-0.1, -0.05) is 42.5 Å². The first-order valence-corrected chi connectivity index (χ1v) is 15.9. The third kappa shape index (κ3) is 4.07. The highest BCUT2D eigenvalue weighted by Crippen LogP contribution is 2.40. The van der Waals surface area contributed by atoms with Gasteiger partial charge >= 0.3 is 0 Å². The van der Waals surface area contributed by atoms with Crippen LogP contribution in [0.2, 0.25) is 0 Å². The lowest BCUT2D eigenvalue weighted by Gasteiger charge is -2.15. The second-order valence-corrected chi connectivity index (χ2v) is 12.2. The molecule has 6 nitrogen and oxygen atoms in total. The number of aromatic nitrogens is 5. The molecule has 0 aliphatic carbocycles. The minimum Gasteiger partial charge on any atom is -0.436 e. The topological polar surface area (TPSA) is 69.6 Å². The Morgan fingerprint density at radius 1 is 0.614 bits per heavy atom. The van der Waals surface area contributed by atoms with E-state index in [4.69, 9.17) is 19.4 Å². The van der Waals surface area contributed by atoms with Gasteiger partial charge in [0, 0.05) is 62.4 Å². The average Bonchev–Trinajstić information content (AvgIpc) is 3.90. The van der Waals surface area contributed by atoms with Gasteiger partial charge in [-0.3, -0.25) is 4.98 Å². The Labute approximate surface area is 259 Å². The minimum absolute atomic E-state index is 0.600. The van der Waals surface area contributed by atoms with E-state index < -0.39 is 0 Å². The molecule has 5 heterocycles. The third-order valence-corrected chi connectivity index (χ3v) is 9.48. The Hall–Kier alpha value is -5.44. The lowest BCUT2D eigenvalue weighted by molar-refractivity contribution is 0.620. The van der Waals surface area contributed by atoms with Crippen molar-refractivity contribution in [1.29, 1.82) is 0 Å². The minimum atomic E-state index is 0.600. The zero-order valence-corrected chi connectivity index (χ0v) is 24.7. The van der Waals surface area contributed by atoms with Gasteiger partial charge in [-0.05, 0) is 54.6 Å². The second-order valence-electron chi connectivity index (χ2n) is 10.4. The summed E-state index contributed by atoms with van der Waals surface area (Å²) in [6.45, 7) is 0. The van der Waals surface area contributed by atoms with Crippen LogP contribution in [-0.2, 0) is 0 Å². The van der Waals surface area contributed by atoms with Crippen LogP contribution in [0.15, 0.2) is 131 Å². The summed E-state index contributed by atoms with van der Waals surface area (Å²) in [5, 5.41) is 8.25. The first kappa shape index (κ1) is 25.1. The van der Waals surface area contributed by atoms with Crippen LogP contribution in [-0.4, -0.2) is 24.5 Å². The summed E-state index contributed by atoms with van der Waals surface area (Å²) in [7, 11) is 0. The molecule has 0 aliphatic rings. The summed E-state index contributed by atoms with van der Waals surface area (Å²) in [6.07, 6.45) is 5.57. The molecule has 0 unspecified atom stereocenters. The fourth-order valence-corrected chi connectivity index (χ4v) is 7.13. The standard InChI is InChI=1S/C36H21N5OS2/c1-3-7-30-25(5-1)26-12-10-23(34-40-29-6-2-4-8-33(29)42-34)20-31(26)41(30)32-19-22(9-13-27(32)36-38-16-18-44-36)28-14-11-24(21-39-28)35-37-15-17-43-35/h1-21H. The van der Waals surface area contributed by atoms with Crippen LogP contribution in [0.3, 0.4) is 0 Å². The van der Waals surface area contributed by atoms with Crippen LogP contribution in [0.4, 0.5) is 0 Å². The van der Waals surface area contributed by atoms with Gasteiger partial charge in [0.2, 0.25) is 5.89 Å². The monoisotopic (exact) mass is 603 g/mol. The number of para-hydroxylation sites is 3. The largest absolute Gasteiger partial charge is 0.436 e. The molecule has 0 fully saturated rings.